The quantitative estimate of drug-likeness (QED) is 0.390. The second-order valence-electron chi connectivity index (χ2n) is 8.56. The first-order valence-electron chi connectivity index (χ1n) is 11.2. The number of aromatic amines is 1. The van der Waals surface area contributed by atoms with E-state index in [9.17, 15) is 10.0 Å². The van der Waals surface area contributed by atoms with Crippen LogP contribution in [0.2, 0.25) is 0 Å². The van der Waals surface area contributed by atoms with E-state index in [-0.39, 0.29) is 11.9 Å². The van der Waals surface area contributed by atoms with E-state index in [2.05, 4.69) is 40.3 Å². The summed E-state index contributed by atoms with van der Waals surface area (Å²) in [6.07, 6.45) is 5.28. The average molecular weight is 449 g/mol. The summed E-state index contributed by atoms with van der Waals surface area (Å²) in [6.45, 7) is 3.13. The molecule has 2 aliphatic rings. The third-order valence-electron chi connectivity index (χ3n) is 6.62. The van der Waals surface area contributed by atoms with Gasteiger partial charge in [-0.3, -0.25) is 15.0 Å². The molecule has 0 saturated carbocycles. The van der Waals surface area contributed by atoms with Gasteiger partial charge in [0.2, 0.25) is 0 Å². The van der Waals surface area contributed by atoms with Crippen molar-refractivity contribution in [2.24, 2.45) is 10.9 Å². The van der Waals surface area contributed by atoms with Crippen LogP contribution >= 0.6 is 11.8 Å². The van der Waals surface area contributed by atoms with Gasteiger partial charge in [-0.05, 0) is 49.5 Å². The van der Waals surface area contributed by atoms with Crippen molar-refractivity contribution in [1.82, 2.24) is 15.4 Å². The maximum atomic E-state index is 12.3. The van der Waals surface area contributed by atoms with Crippen LogP contribution in [0.4, 0.5) is 0 Å². The van der Waals surface area contributed by atoms with Crippen molar-refractivity contribution in [3.63, 3.8) is 0 Å². The van der Waals surface area contributed by atoms with Crippen LogP contribution in [0.3, 0.4) is 0 Å². The maximum absolute atomic E-state index is 12.3. The second-order valence-corrected chi connectivity index (χ2v) is 9.72. The molecule has 0 aliphatic carbocycles. The van der Waals surface area contributed by atoms with Gasteiger partial charge in [0.05, 0.1) is 11.1 Å². The minimum absolute atomic E-state index is 0.247. The first-order valence-corrected chi connectivity index (χ1v) is 12.1. The third kappa shape index (κ3) is 4.33. The molecule has 5 rings (SSSR count). The molecule has 2 atom stereocenters. The number of hydroxylamine groups is 1. The molecular formula is C25H28N4O2S. The number of nitrogens with zero attached hydrogens (tertiary/aromatic N) is 2. The fraction of sp³-hybridized carbons (Fsp3) is 0.360. The summed E-state index contributed by atoms with van der Waals surface area (Å²) in [5.41, 5.74) is 5.43. The monoisotopic (exact) mass is 448 g/mol. The van der Waals surface area contributed by atoms with Crippen LogP contribution < -0.4 is 5.48 Å². The normalized spacial score (nSPS) is 22.2. The van der Waals surface area contributed by atoms with Gasteiger partial charge in [-0.2, -0.15) is 0 Å². The van der Waals surface area contributed by atoms with Crippen LogP contribution in [-0.4, -0.2) is 50.9 Å². The summed E-state index contributed by atoms with van der Waals surface area (Å²) < 4.78 is 0. The largest absolute Gasteiger partial charge is 0.361 e. The molecule has 3 heterocycles. The Bertz CT molecular complexity index is 1110. The number of rotatable bonds is 6. The fourth-order valence-electron chi connectivity index (χ4n) is 4.81. The van der Waals surface area contributed by atoms with E-state index in [1.165, 1.54) is 28.2 Å². The van der Waals surface area contributed by atoms with Crippen molar-refractivity contribution >= 4 is 33.6 Å². The van der Waals surface area contributed by atoms with E-state index >= 15 is 0 Å². The van der Waals surface area contributed by atoms with E-state index in [4.69, 9.17) is 4.99 Å². The second kappa shape index (κ2) is 9.48. The highest BCUT2D eigenvalue weighted by Gasteiger charge is 2.39. The molecule has 0 bridgehead atoms. The van der Waals surface area contributed by atoms with Gasteiger partial charge in [-0.25, -0.2) is 5.48 Å². The number of carbonyl (C=O) groups is 1. The minimum atomic E-state index is -0.419. The van der Waals surface area contributed by atoms with Gasteiger partial charge >= 0.3 is 0 Å². The van der Waals surface area contributed by atoms with E-state index in [0.29, 0.717) is 5.92 Å². The molecule has 7 heteroatoms. The molecule has 3 N–H and O–H groups in total. The van der Waals surface area contributed by atoms with E-state index in [1.54, 1.807) is 0 Å². The van der Waals surface area contributed by atoms with Gasteiger partial charge in [-0.1, -0.05) is 60.3 Å². The molecule has 32 heavy (non-hydrogen) atoms. The van der Waals surface area contributed by atoms with Crippen molar-refractivity contribution in [3.05, 3.63) is 71.9 Å². The fourth-order valence-corrected chi connectivity index (χ4v) is 6.18. The van der Waals surface area contributed by atoms with Crippen molar-refractivity contribution in [1.29, 1.82) is 0 Å². The molecule has 1 amide bonds. The topological polar surface area (TPSA) is 80.7 Å². The van der Waals surface area contributed by atoms with E-state index in [1.807, 2.05) is 35.8 Å². The van der Waals surface area contributed by atoms with Crippen molar-refractivity contribution in [2.45, 2.75) is 30.6 Å². The zero-order chi connectivity index (χ0) is 21.9. The van der Waals surface area contributed by atoms with Crippen LogP contribution in [0, 0.1) is 5.92 Å². The number of aliphatic imine (C=N–C) groups is 1. The summed E-state index contributed by atoms with van der Waals surface area (Å²) in [4.78, 5) is 23.2. The number of thioether (sulfide) groups is 1. The van der Waals surface area contributed by atoms with Crippen molar-refractivity contribution in [3.8, 4) is 0 Å². The van der Waals surface area contributed by atoms with Crippen molar-refractivity contribution < 1.29 is 10.0 Å². The molecule has 1 saturated heterocycles. The highest BCUT2D eigenvalue weighted by atomic mass is 32.2. The predicted molar refractivity (Wildman–Crippen MR) is 129 cm³/mol. The highest BCUT2D eigenvalue weighted by molar-refractivity contribution is 8.15. The van der Waals surface area contributed by atoms with E-state index < -0.39 is 5.25 Å². The summed E-state index contributed by atoms with van der Waals surface area (Å²) in [5.74, 6) is 0.00538. The Labute approximate surface area is 192 Å². The first kappa shape index (κ1) is 21.2. The number of para-hydroxylation sites is 1. The Balaban J connectivity index is 1.20. The lowest BCUT2D eigenvalue weighted by molar-refractivity contribution is -0.128. The summed E-state index contributed by atoms with van der Waals surface area (Å²) in [7, 11) is 0. The number of hydrogen-bond acceptors (Lipinski definition) is 5. The average Bonchev–Trinajstić information content (AvgIpc) is 3.48. The number of hydrogen-bond donors (Lipinski definition) is 3. The van der Waals surface area contributed by atoms with Gasteiger partial charge in [0.1, 0.15) is 5.25 Å². The SMILES string of the molecule is O=C(NO)C1SC(C2CCN(CCc3c[nH]c4ccccc34)CC2)=NC1c1ccccc1. The molecule has 166 valence electrons. The highest BCUT2D eigenvalue weighted by Crippen LogP contribution is 2.42. The minimum Gasteiger partial charge on any atom is -0.361 e. The Kier molecular flexibility index (Phi) is 6.30. The van der Waals surface area contributed by atoms with Crippen LogP contribution in [0.25, 0.3) is 10.9 Å². The number of aromatic nitrogens is 1. The zero-order valence-electron chi connectivity index (χ0n) is 17.9. The Morgan fingerprint density at radius 3 is 2.66 bits per heavy atom. The molecular weight excluding hydrogens is 420 g/mol. The van der Waals surface area contributed by atoms with Gasteiger partial charge in [0.15, 0.2) is 0 Å². The van der Waals surface area contributed by atoms with Crippen molar-refractivity contribution in [2.75, 3.05) is 19.6 Å². The van der Waals surface area contributed by atoms with Crippen LogP contribution in [0.1, 0.15) is 30.0 Å². The zero-order valence-corrected chi connectivity index (χ0v) is 18.7. The maximum Gasteiger partial charge on any atom is 0.259 e. The van der Waals surface area contributed by atoms with Gasteiger partial charge in [0, 0.05) is 29.6 Å². The summed E-state index contributed by atoms with van der Waals surface area (Å²) >= 11 is 1.52. The lowest BCUT2D eigenvalue weighted by atomic mass is 9.97. The molecule has 1 aromatic heterocycles. The molecule has 3 aromatic rings. The molecule has 2 aliphatic heterocycles. The molecule has 1 fully saturated rings. The number of carbonyl (C=O) groups excluding carboxylic acids is 1. The number of H-pyrrole nitrogens is 1. The molecule has 2 unspecified atom stereocenters. The first-order chi connectivity index (χ1) is 15.7. The number of fused-ring (bicyclic) bond motifs is 1. The summed E-state index contributed by atoms with van der Waals surface area (Å²) in [6, 6.07) is 18.1. The Morgan fingerprint density at radius 1 is 1.12 bits per heavy atom. The summed E-state index contributed by atoms with van der Waals surface area (Å²) in [5, 5.41) is 11.2. The number of amides is 1. The van der Waals surface area contributed by atoms with Crippen LogP contribution in [-0.2, 0) is 11.2 Å². The Hall–Kier alpha value is -2.61. The molecule has 6 nitrogen and oxygen atoms in total. The molecule has 0 radical (unpaired) electrons. The standard InChI is InChI=1S/C25H28N4O2S/c30-24(28-31)23-22(17-6-2-1-3-7-17)27-25(32-23)18-10-13-29(14-11-18)15-12-19-16-26-21-9-5-4-8-20(19)21/h1-9,16,18,22-23,26,31H,10-15H2,(H,28,30). The molecule has 2 aromatic carbocycles. The van der Waals surface area contributed by atoms with Crippen LogP contribution in [0.15, 0.2) is 65.8 Å². The molecule has 0 spiro atoms. The number of likely N-dealkylation sites (tertiary alicyclic amines) is 1. The smallest absolute Gasteiger partial charge is 0.259 e. The number of benzene rings is 2. The lowest BCUT2D eigenvalue weighted by Crippen LogP contribution is -2.37. The lowest BCUT2D eigenvalue weighted by Gasteiger charge is -2.31. The van der Waals surface area contributed by atoms with E-state index in [0.717, 1.165) is 49.5 Å². The number of nitrogens with one attached hydrogen (secondary N) is 2. The Morgan fingerprint density at radius 2 is 1.88 bits per heavy atom. The predicted octanol–water partition coefficient (Wildman–Crippen LogP) is 4.18. The third-order valence-corrected chi connectivity index (χ3v) is 8.03. The number of piperidine rings is 1. The van der Waals surface area contributed by atoms with Gasteiger partial charge < -0.3 is 9.88 Å². The van der Waals surface area contributed by atoms with Gasteiger partial charge in [-0.15, -0.1) is 0 Å². The van der Waals surface area contributed by atoms with Crippen LogP contribution in [0.5, 0.6) is 0 Å². The van der Waals surface area contributed by atoms with Gasteiger partial charge in [0.25, 0.3) is 5.91 Å².